The first kappa shape index (κ1) is 22.8. The van der Waals surface area contributed by atoms with Gasteiger partial charge in [-0.25, -0.2) is 19.4 Å². The number of carbonyl (C=O) groups is 1. The van der Waals surface area contributed by atoms with Crippen LogP contribution in [0, 0.1) is 0 Å². The lowest BCUT2D eigenvalue weighted by Gasteiger charge is -2.26. The van der Waals surface area contributed by atoms with Gasteiger partial charge in [-0.1, -0.05) is 6.08 Å². The van der Waals surface area contributed by atoms with E-state index in [1.54, 1.807) is 18.7 Å². The second kappa shape index (κ2) is 8.68. The number of pyridine rings is 1. The Morgan fingerprint density at radius 1 is 1.17 bits per heavy atom. The van der Waals surface area contributed by atoms with Gasteiger partial charge in [-0.2, -0.15) is 5.10 Å². The van der Waals surface area contributed by atoms with Crippen LogP contribution in [0.2, 0.25) is 0 Å². The van der Waals surface area contributed by atoms with Crippen LogP contribution in [-0.4, -0.2) is 59.0 Å². The molecule has 182 valence electrons. The summed E-state index contributed by atoms with van der Waals surface area (Å²) >= 11 is 0. The highest BCUT2D eigenvalue weighted by molar-refractivity contribution is 5.79. The molecule has 0 unspecified atom stereocenters. The van der Waals surface area contributed by atoms with Crippen molar-refractivity contribution in [2.24, 2.45) is 0 Å². The largest absolute Gasteiger partial charge is 0.491 e. The fourth-order valence-electron chi connectivity index (χ4n) is 4.00. The Hall–Kier alpha value is -3.95. The fourth-order valence-corrected chi connectivity index (χ4v) is 4.00. The van der Waals surface area contributed by atoms with E-state index in [1.165, 1.54) is 4.90 Å². The third kappa shape index (κ3) is 4.55. The molecule has 0 saturated carbocycles. The van der Waals surface area contributed by atoms with E-state index in [0.717, 1.165) is 39.9 Å². The van der Waals surface area contributed by atoms with Crippen LogP contribution < -0.4 is 4.74 Å². The molecule has 0 aromatic carbocycles. The Labute approximate surface area is 203 Å². The van der Waals surface area contributed by atoms with E-state index in [-0.39, 0.29) is 12.1 Å². The third-order valence-corrected chi connectivity index (χ3v) is 5.63. The van der Waals surface area contributed by atoms with Crippen molar-refractivity contribution in [2.45, 2.75) is 52.8 Å². The first-order valence-corrected chi connectivity index (χ1v) is 11.7. The van der Waals surface area contributed by atoms with E-state index in [2.05, 4.69) is 33.5 Å². The molecule has 2 aliphatic heterocycles. The minimum Gasteiger partial charge on any atom is -0.491 e. The van der Waals surface area contributed by atoms with Crippen molar-refractivity contribution in [3.05, 3.63) is 48.8 Å². The Morgan fingerprint density at radius 3 is 2.71 bits per heavy atom. The standard InChI is InChI=1S/C25H29N7O3/c1-16(2)32-23(27-15-28-32)20-14-31-10-11-34-21-12-19(26-13-18(21)22(31)29-20)17-6-8-30(9-7-17)24(33)35-25(3,4)5/h6-8,12-16H,9-11H2,1-5H3. The normalized spacial score (nSPS) is 15.3. The molecule has 0 N–H and O–H groups in total. The van der Waals surface area contributed by atoms with Gasteiger partial charge in [-0.05, 0) is 46.3 Å². The summed E-state index contributed by atoms with van der Waals surface area (Å²) < 4.78 is 15.4. The zero-order chi connectivity index (χ0) is 24.7. The summed E-state index contributed by atoms with van der Waals surface area (Å²) in [5.74, 6) is 2.24. The molecule has 10 nitrogen and oxygen atoms in total. The number of rotatable bonds is 3. The van der Waals surface area contributed by atoms with Crippen molar-refractivity contribution in [1.29, 1.82) is 0 Å². The SMILES string of the molecule is CC(C)n1ncnc1-c1cn2c(n1)-c1cnc(C3=CCN(C(=O)OC(C)(C)C)C=C3)cc1OCC2. The lowest BCUT2D eigenvalue weighted by atomic mass is 10.1. The van der Waals surface area contributed by atoms with Crippen molar-refractivity contribution in [2.75, 3.05) is 13.2 Å². The second-order valence-electron chi connectivity index (χ2n) is 9.79. The number of hydrogen-bond acceptors (Lipinski definition) is 7. The molecule has 0 saturated heterocycles. The topological polar surface area (TPSA) is 100 Å². The predicted octanol–water partition coefficient (Wildman–Crippen LogP) is 4.32. The Morgan fingerprint density at radius 2 is 2.00 bits per heavy atom. The average Bonchev–Trinajstić information content (AvgIpc) is 3.42. The van der Waals surface area contributed by atoms with Crippen molar-refractivity contribution < 1.29 is 14.3 Å². The Bertz CT molecular complexity index is 1330. The van der Waals surface area contributed by atoms with Crippen LogP contribution in [0.25, 0.3) is 28.5 Å². The summed E-state index contributed by atoms with van der Waals surface area (Å²) in [6, 6.07) is 2.10. The van der Waals surface area contributed by atoms with Crippen molar-refractivity contribution in [3.8, 4) is 28.7 Å². The minimum atomic E-state index is -0.541. The summed E-state index contributed by atoms with van der Waals surface area (Å²) in [7, 11) is 0. The molecular weight excluding hydrogens is 446 g/mol. The van der Waals surface area contributed by atoms with Crippen molar-refractivity contribution in [3.63, 3.8) is 0 Å². The zero-order valence-corrected chi connectivity index (χ0v) is 20.6. The summed E-state index contributed by atoms with van der Waals surface area (Å²) in [4.78, 5) is 27.8. The lowest BCUT2D eigenvalue weighted by molar-refractivity contribution is 0.0350. The molecule has 35 heavy (non-hydrogen) atoms. The molecule has 10 heteroatoms. The number of hydrogen-bond donors (Lipinski definition) is 0. The highest BCUT2D eigenvalue weighted by Crippen LogP contribution is 2.35. The molecular formula is C25H29N7O3. The minimum absolute atomic E-state index is 0.178. The van der Waals surface area contributed by atoms with Gasteiger partial charge in [-0.15, -0.1) is 0 Å². The molecule has 0 radical (unpaired) electrons. The number of fused-ring (bicyclic) bond motifs is 3. The first-order valence-electron chi connectivity index (χ1n) is 11.7. The number of imidazole rings is 1. The molecule has 0 bridgehead atoms. The number of carbonyl (C=O) groups excluding carboxylic acids is 1. The number of allylic oxidation sites excluding steroid dienone is 2. The van der Waals surface area contributed by atoms with Gasteiger partial charge in [-0.3, -0.25) is 9.88 Å². The highest BCUT2D eigenvalue weighted by atomic mass is 16.6. The van der Waals surface area contributed by atoms with E-state index in [9.17, 15) is 4.79 Å². The molecule has 3 aromatic rings. The van der Waals surface area contributed by atoms with E-state index < -0.39 is 5.60 Å². The summed E-state index contributed by atoms with van der Waals surface area (Å²) in [6.07, 6.45) is 10.5. The second-order valence-corrected chi connectivity index (χ2v) is 9.79. The summed E-state index contributed by atoms with van der Waals surface area (Å²) in [6.45, 7) is 11.3. The Kier molecular flexibility index (Phi) is 5.66. The smallest absolute Gasteiger partial charge is 0.414 e. The molecule has 2 aliphatic rings. The lowest BCUT2D eigenvalue weighted by Crippen LogP contribution is -2.34. The monoisotopic (exact) mass is 475 g/mol. The van der Waals surface area contributed by atoms with E-state index in [1.807, 2.05) is 49.9 Å². The highest BCUT2D eigenvalue weighted by Gasteiger charge is 2.24. The van der Waals surface area contributed by atoms with Crippen LogP contribution >= 0.6 is 0 Å². The van der Waals surface area contributed by atoms with E-state index >= 15 is 0 Å². The van der Waals surface area contributed by atoms with Crippen LogP contribution in [0.3, 0.4) is 0 Å². The van der Waals surface area contributed by atoms with Gasteiger partial charge in [0.05, 0.1) is 17.8 Å². The molecule has 0 spiro atoms. The Balaban J connectivity index is 1.40. The van der Waals surface area contributed by atoms with Crippen molar-refractivity contribution >= 4 is 11.7 Å². The van der Waals surface area contributed by atoms with Gasteiger partial charge in [0.25, 0.3) is 0 Å². The fraction of sp³-hybridized carbons (Fsp3) is 0.400. The molecule has 5 rings (SSSR count). The van der Waals surface area contributed by atoms with E-state index in [0.29, 0.717) is 19.7 Å². The van der Waals surface area contributed by atoms with Crippen LogP contribution in [0.4, 0.5) is 4.79 Å². The van der Waals surface area contributed by atoms with Crippen molar-refractivity contribution in [1.82, 2.24) is 34.2 Å². The first-order chi connectivity index (χ1) is 16.7. The maximum Gasteiger partial charge on any atom is 0.414 e. The number of nitrogens with zero attached hydrogens (tertiary/aromatic N) is 7. The molecule has 5 heterocycles. The van der Waals surface area contributed by atoms with Gasteiger partial charge < -0.3 is 14.0 Å². The maximum atomic E-state index is 12.3. The summed E-state index contributed by atoms with van der Waals surface area (Å²) in [5.41, 5.74) is 2.73. The van der Waals surface area contributed by atoms with Crippen LogP contribution in [0.5, 0.6) is 5.75 Å². The van der Waals surface area contributed by atoms with Gasteiger partial charge in [0, 0.05) is 37.2 Å². The molecule has 0 atom stereocenters. The van der Waals surface area contributed by atoms with Gasteiger partial charge in [0.2, 0.25) is 0 Å². The van der Waals surface area contributed by atoms with Crippen LogP contribution in [0.15, 0.2) is 43.1 Å². The number of aromatic nitrogens is 6. The molecule has 3 aromatic heterocycles. The average molecular weight is 476 g/mol. The third-order valence-electron chi connectivity index (χ3n) is 5.63. The zero-order valence-electron chi connectivity index (χ0n) is 20.6. The summed E-state index contributed by atoms with van der Waals surface area (Å²) in [5, 5.41) is 4.33. The van der Waals surface area contributed by atoms with Gasteiger partial charge in [0.1, 0.15) is 35.8 Å². The predicted molar refractivity (Wildman–Crippen MR) is 130 cm³/mol. The molecule has 0 fully saturated rings. The van der Waals surface area contributed by atoms with E-state index in [4.69, 9.17) is 14.5 Å². The van der Waals surface area contributed by atoms with Gasteiger partial charge >= 0.3 is 6.09 Å². The molecule has 1 amide bonds. The quantitative estimate of drug-likeness (QED) is 0.556. The van der Waals surface area contributed by atoms with Crippen LogP contribution in [-0.2, 0) is 11.3 Å². The maximum absolute atomic E-state index is 12.3. The molecule has 0 aliphatic carbocycles. The van der Waals surface area contributed by atoms with Crippen LogP contribution in [0.1, 0.15) is 46.4 Å². The number of amides is 1. The number of ether oxygens (including phenoxy) is 2. The van der Waals surface area contributed by atoms with Gasteiger partial charge in [0.15, 0.2) is 5.82 Å².